The van der Waals surface area contributed by atoms with Crippen molar-refractivity contribution < 1.29 is 0 Å². The maximum Gasteiger partial charge on any atom is 0.193 e. The molecule has 0 aromatic carbocycles. The molecule has 7 heteroatoms. The Balaban J connectivity index is 0.00000225. The second-order valence-corrected chi connectivity index (χ2v) is 7.89. The Bertz CT molecular complexity index is 541. The Labute approximate surface area is 173 Å². The molecule has 0 aliphatic carbocycles. The molecule has 1 unspecified atom stereocenters. The lowest BCUT2D eigenvalue weighted by Crippen LogP contribution is -2.41. The molecule has 2 aliphatic heterocycles. The van der Waals surface area contributed by atoms with E-state index in [1.165, 1.54) is 50.3 Å². The third-order valence-electron chi connectivity index (χ3n) is 5.09. The Hall–Kier alpha value is -0.410. The van der Waals surface area contributed by atoms with Crippen LogP contribution in [0.3, 0.4) is 0 Å². The van der Waals surface area contributed by atoms with E-state index < -0.39 is 0 Å². The van der Waals surface area contributed by atoms with E-state index in [1.807, 2.05) is 7.05 Å². The van der Waals surface area contributed by atoms with Gasteiger partial charge in [0.05, 0.1) is 17.2 Å². The Morgan fingerprint density at radius 3 is 2.80 bits per heavy atom. The highest BCUT2D eigenvalue weighted by Crippen LogP contribution is 2.20. The predicted octanol–water partition coefficient (Wildman–Crippen LogP) is 3.21. The lowest BCUT2D eigenvalue weighted by Gasteiger charge is -2.29. The summed E-state index contributed by atoms with van der Waals surface area (Å²) in [4.78, 5) is 14.2. The van der Waals surface area contributed by atoms with E-state index in [1.54, 1.807) is 11.3 Å². The normalized spacial score (nSPS) is 22.1. The van der Waals surface area contributed by atoms with Crippen LogP contribution in [0.2, 0.25) is 0 Å². The van der Waals surface area contributed by atoms with Gasteiger partial charge in [-0.3, -0.25) is 4.99 Å². The average molecular weight is 477 g/mol. The van der Waals surface area contributed by atoms with Crippen LogP contribution >= 0.6 is 35.3 Å². The fourth-order valence-corrected chi connectivity index (χ4v) is 4.52. The van der Waals surface area contributed by atoms with Gasteiger partial charge in [-0.1, -0.05) is 13.3 Å². The van der Waals surface area contributed by atoms with Gasteiger partial charge in [0.2, 0.25) is 0 Å². The molecule has 3 rings (SSSR count). The summed E-state index contributed by atoms with van der Waals surface area (Å²) in [5, 5.41) is 6.86. The van der Waals surface area contributed by atoms with E-state index in [9.17, 15) is 0 Å². The van der Waals surface area contributed by atoms with Crippen LogP contribution in [0.4, 0.5) is 0 Å². The van der Waals surface area contributed by atoms with Crippen LogP contribution in [-0.4, -0.2) is 60.5 Å². The second kappa shape index (κ2) is 10.7. The summed E-state index contributed by atoms with van der Waals surface area (Å²) < 4.78 is 0. The molecule has 1 aromatic heterocycles. The van der Waals surface area contributed by atoms with Crippen molar-refractivity contribution in [3.63, 3.8) is 0 Å². The first-order chi connectivity index (χ1) is 11.8. The zero-order chi connectivity index (χ0) is 16.8. The van der Waals surface area contributed by atoms with Gasteiger partial charge >= 0.3 is 0 Å². The largest absolute Gasteiger partial charge is 0.351 e. The first-order valence-corrected chi connectivity index (χ1v) is 10.3. The molecule has 1 N–H and O–H groups in total. The minimum atomic E-state index is 0. The molecule has 2 saturated heterocycles. The number of hydrogen-bond donors (Lipinski definition) is 1. The standard InChI is InChI=1S/C18H31N5S.HI/c1-3-17-21-16(14-24-17)11-20-18(19-2)23-10-7-15(13-23)12-22-8-5-4-6-9-22;/h14-15H,3-13H2,1-2H3,(H,19,20);1H. The molecule has 3 heterocycles. The third kappa shape index (κ3) is 6.06. The molecule has 1 atom stereocenters. The number of hydrogen-bond acceptors (Lipinski definition) is 4. The van der Waals surface area contributed by atoms with Crippen molar-refractivity contribution in [2.45, 2.75) is 45.6 Å². The molecular weight excluding hydrogens is 445 g/mol. The first kappa shape index (κ1) is 20.9. The highest BCUT2D eigenvalue weighted by atomic mass is 127. The summed E-state index contributed by atoms with van der Waals surface area (Å²) in [5.74, 6) is 1.81. The first-order valence-electron chi connectivity index (χ1n) is 9.39. The van der Waals surface area contributed by atoms with Crippen LogP contribution in [0.25, 0.3) is 0 Å². The van der Waals surface area contributed by atoms with Crippen molar-refractivity contribution in [1.29, 1.82) is 0 Å². The molecule has 5 nitrogen and oxygen atoms in total. The smallest absolute Gasteiger partial charge is 0.193 e. The fourth-order valence-electron chi connectivity index (χ4n) is 3.78. The number of rotatable bonds is 5. The van der Waals surface area contributed by atoms with Crippen LogP contribution in [0.15, 0.2) is 10.4 Å². The number of aryl methyl sites for hydroxylation is 1. The van der Waals surface area contributed by atoms with E-state index in [-0.39, 0.29) is 24.0 Å². The van der Waals surface area contributed by atoms with E-state index in [4.69, 9.17) is 0 Å². The topological polar surface area (TPSA) is 43.8 Å². The summed E-state index contributed by atoms with van der Waals surface area (Å²) in [7, 11) is 1.89. The van der Waals surface area contributed by atoms with Crippen LogP contribution in [0.1, 0.15) is 43.3 Å². The van der Waals surface area contributed by atoms with Gasteiger partial charge in [-0.2, -0.15) is 0 Å². The van der Waals surface area contributed by atoms with Crippen LogP contribution in [0, 0.1) is 5.92 Å². The van der Waals surface area contributed by atoms with Crippen LogP contribution < -0.4 is 5.32 Å². The van der Waals surface area contributed by atoms with Gasteiger partial charge < -0.3 is 15.1 Å². The predicted molar refractivity (Wildman–Crippen MR) is 117 cm³/mol. The third-order valence-corrected chi connectivity index (χ3v) is 6.13. The molecule has 0 radical (unpaired) electrons. The highest BCUT2D eigenvalue weighted by Gasteiger charge is 2.26. The van der Waals surface area contributed by atoms with Gasteiger partial charge in [0.15, 0.2) is 5.96 Å². The Morgan fingerprint density at radius 2 is 2.12 bits per heavy atom. The maximum absolute atomic E-state index is 4.63. The summed E-state index contributed by atoms with van der Waals surface area (Å²) in [6.07, 6.45) is 6.48. The number of guanidine groups is 1. The lowest BCUT2D eigenvalue weighted by molar-refractivity contribution is 0.198. The molecule has 2 aliphatic rings. The number of aromatic nitrogens is 1. The molecule has 0 spiro atoms. The number of piperidine rings is 1. The van der Waals surface area contributed by atoms with Gasteiger partial charge in [-0.05, 0) is 44.7 Å². The van der Waals surface area contributed by atoms with E-state index >= 15 is 0 Å². The van der Waals surface area contributed by atoms with Gasteiger partial charge in [0, 0.05) is 32.1 Å². The minimum absolute atomic E-state index is 0. The van der Waals surface area contributed by atoms with Crippen molar-refractivity contribution in [3.8, 4) is 0 Å². The molecular formula is C18H32IN5S. The van der Waals surface area contributed by atoms with Gasteiger partial charge in [-0.15, -0.1) is 35.3 Å². The fraction of sp³-hybridized carbons (Fsp3) is 0.778. The second-order valence-electron chi connectivity index (χ2n) is 6.95. The monoisotopic (exact) mass is 477 g/mol. The minimum Gasteiger partial charge on any atom is -0.351 e. The molecule has 0 bridgehead atoms. The Morgan fingerprint density at radius 1 is 1.32 bits per heavy atom. The SMILES string of the molecule is CCc1nc(CNC(=NC)N2CCC(CN3CCCCC3)C2)cs1.I. The van der Waals surface area contributed by atoms with Gasteiger partial charge in [0.1, 0.15) is 0 Å². The number of halogens is 1. The number of thiazole rings is 1. The van der Waals surface area contributed by atoms with Crippen molar-refractivity contribution in [1.82, 2.24) is 20.1 Å². The summed E-state index contributed by atoms with van der Waals surface area (Å²) in [6, 6.07) is 0. The zero-order valence-electron chi connectivity index (χ0n) is 15.5. The summed E-state index contributed by atoms with van der Waals surface area (Å²) in [5.41, 5.74) is 1.13. The molecule has 0 saturated carbocycles. The number of aliphatic imine (C=N–C) groups is 1. The zero-order valence-corrected chi connectivity index (χ0v) is 18.7. The quantitative estimate of drug-likeness (QED) is 0.402. The van der Waals surface area contributed by atoms with Gasteiger partial charge in [-0.25, -0.2) is 4.98 Å². The van der Waals surface area contributed by atoms with Crippen molar-refractivity contribution in [2.24, 2.45) is 10.9 Å². The average Bonchev–Trinajstić information content (AvgIpc) is 3.26. The van der Waals surface area contributed by atoms with Crippen molar-refractivity contribution in [2.75, 3.05) is 39.8 Å². The molecule has 2 fully saturated rings. The Kier molecular flexibility index (Phi) is 8.92. The molecule has 0 amide bonds. The van der Waals surface area contributed by atoms with Crippen LogP contribution in [0.5, 0.6) is 0 Å². The van der Waals surface area contributed by atoms with E-state index in [2.05, 4.69) is 37.4 Å². The lowest BCUT2D eigenvalue weighted by atomic mass is 10.1. The van der Waals surface area contributed by atoms with Crippen molar-refractivity contribution >= 4 is 41.3 Å². The maximum atomic E-state index is 4.63. The summed E-state index contributed by atoms with van der Waals surface area (Å²) in [6.45, 7) is 9.04. The molecule has 1 aromatic rings. The number of nitrogens with one attached hydrogen (secondary N) is 1. The summed E-state index contributed by atoms with van der Waals surface area (Å²) >= 11 is 1.75. The van der Waals surface area contributed by atoms with E-state index in [0.717, 1.165) is 43.6 Å². The van der Waals surface area contributed by atoms with Crippen LogP contribution in [-0.2, 0) is 13.0 Å². The molecule has 142 valence electrons. The molecule has 25 heavy (non-hydrogen) atoms. The van der Waals surface area contributed by atoms with E-state index in [0.29, 0.717) is 0 Å². The highest BCUT2D eigenvalue weighted by molar-refractivity contribution is 14.0. The number of likely N-dealkylation sites (tertiary alicyclic amines) is 2. The van der Waals surface area contributed by atoms with Gasteiger partial charge in [0.25, 0.3) is 0 Å². The van der Waals surface area contributed by atoms with Crippen molar-refractivity contribution in [3.05, 3.63) is 16.1 Å². The number of nitrogens with zero attached hydrogens (tertiary/aromatic N) is 4.